The second-order valence-electron chi connectivity index (χ2n) is 5.77. The van der Waals surface area contributed by atoms with Gasteiger partial charge >= 0.3 is 5.97 Å². The highest BCUT2D eigenvalue weighted by molar-refractivity contribution is 5.91. The summed E-state index contributed by atoms with van der Waals surface area (Å²) in [5.74, 6) is -0.740. The first-order chi connectivity index (χ1) is 12.1. The zero-order valence-corrected chi connectivity index (χ0v) is 13.6. The second-order valence-corrected chi connectivity index (χ2v) is 5.77. The molecule has 25 heavy (non-hydrogen) atoms. The van der Waals surface area contributed by atoms with Crippen molar-refractivity contribution in [3.05, 3.63) is 59.7 Å². The van der Waals surface area contributed by atoms with Gasteiger partial charge in [-0.25, -0.2) is 4.79 Å². The van der Waals surface area contributed by atoms with Crippen LogP contribution in [0.15, 0.2) is 48.5 Å². The van der Waals surface area contributed by atoms with E-state index in [1.165, 1.54) is 5.56 Å². The van der Waals surface area contributed by atoms with E-state index in [2.05, 4.69) is 11.4 Å². The Hall–Kier alpha value is -2.86. The fourth-order valence-corrected chi connectivity index (χ4v) is 2.81. The first kappa shape index (κ1) is 17.0. The monoisotopic (exact) mass is 341 g/mol. The molecule has 6 heteroatoms. The summed E-state index contributed by atoms with van der Waals surface area (Å²) in [5, 5.41) is 11.4. The van der Waals surface area contributed by atoms with Crippen molar-refractivity contribution in [2.45, 2.75) is 18.9 Å². The molecule has 1 unspecified atom stereocenters. The summed E-state index contributed by atoms with van der Waals surface area (Å²) in [7, 11) is 0. The van der Waals surface area contributed by atoms with E-state index in [-0.39, 0.29) is 18.4 Å². The summed E-state index contributed by atoms with van der Waals surface area (Å²) in [6, 6.07) is 14.6. The van der Waals surface area contributed by atoms with E-state index in [1.807, 2.05) is 18.2 Å². The average molecular weight is 341 g/mol. The molecular weight excluding hydrogens is 322 g/mol. The first-order valence-electron chi connectivity index (χ1n) is 8.06. The summed E-state index contributed by atoms with van der Waals surface area (Å²) < 4.78 is 10.8. The Bertz CT molecular complexity index is 757. The highest BCUT2D eigenvalue weighted by Gasteiger charge is 2.23. The van der Waals surface area contributed by atoms with Gasteiger partial charge in [0, 0.05) is 5.69 Å². The summed E-state index contributed by atoms with van der Waals surface area (Å²) in [4.78, 5) is 22.8. The average Bonchev–Trinajstić information content (AvgIpc) is 2.61. The van der Waals surface area contributed by atoms with Crippen LogP contribution in [0.25, 0.3) is 0 Å². The molecule has 0 aromatic heterocycles. The maximum absolute atomic E-state index is 12.3. The molecule has 1 atom stereocenters. The third kappa shape index (κ3) is 4.58. The minimum Gasteiger partial charge on any atom is -0.482 e. The number of hydrogen-bond donors (Lipinski definition) is 2. The van der Waals surface area contributed by atoms with Crippen LogP contribution in [0.2, 0.25) is 0 Å². The number of nitrogens with one attached hydrogen (secondary N) is 1. The number of carbonyl (C=O) groups excluding carboxylic acids is 1. The van der Waals surface area contributed by atoms with Gasteiger partial charge in [0.1, 0.15) is 5.75 Å². The molecule has 0 bridgehead atoms. The molecule has 0 radical (unpaired) electrons. The molecule has 6 nitrogen and oxygen atoms in total. The van der Waals surface area contributed by atoms with Crippen LogP contribution >= 0.6 is 0 Å². The number of rotatable bonds is 6. The number of amides is 1. The number of anilines is 1. The number of aliphatic carboxylic acids is 1. The van der Waals surface area contributed by atoms with Gasteiger partial charge in [-0.05, 0) is 41.8 Å². The predicted octanol–water partition coefficient (Wildman–Crippen LogP) is 2.79. The molecule has 0 saturated heterocycles. The Morgan fingerprint density at radius 1 is 1.16 bits per heavy atom. The zero-order chi connectivity index (χ0) is 17.6. The van der Waals surface area contributed by atoms with Gasteiger partial charge in [0.15, 0.2) is 6.61 Å². The molecule has 1 heterocycles. The number of hydrogen-bond acceptors (Lipinski definition) is 4. The lowest BCUT2D eigenvalue weighted by Gasteiger charge is -2.25. The minimum atomic E-state index is -1.04. The first-order valence-corrected chi connectivity index (χ1v) is 8.06. The number of ether oxygens (including phenoxy) is 2. The van der Waals surface area contributed by atoms with Crippen molar-refractivity contribution in [3.8, 4) is 5.75 Å². The maximum Gasteiger partial charge on any atom is 0.341 e. The zero-order valence-electron chi connectivity index (χ0n) is 13.6. The SMILES string of the molecule is O=C(O)COc1ccc(NC(=O)CC2OCCc3ccccc32)cc1. The van der Waals surface area contributed by atoms with E-state index in [9.17, 15) is 9.59 Å². The lowest BCUT2D eigenvalue weighted by Crippen LogP contribution is -2.22. The molecular formula is C19H19NO5. The standard InChI is InChI=1S/C19H19NO5/c21-18(11-17-16-4-2-1-3-13(16)9-10-24-17)20-14-5-7-15(8-6-14)25-12-19(22)23/h1-8,17H,9-12H2,(H,20,21)(H,22,23). The molecule has 3 rings (SSSR count). The van der Waals surface area contributed by atoms with Crippen molar-refractivity contribution in [1.29, 1.82) is 0 Å². The van der Waals surface area contributed by atoms with Crippen LogP contribution in [0, 0.1) is 0 Å². The van der Waals surface area contributed by atoms with Gasteiger partial charge in [-0.1, -0.05) is 24.3 Å². The van der Waals surface area contributed by atoms with E-state index in [1.54, 1.807) is 24.3 Å². The lowest BCUT2D eigenvalue weighted by molar-refractivity contribution is -0.139. The van der Waals surface area contributed by atoms with Crippen molar-refractivity contribution in [2.75, 3.05) is 18.5 Å². The fraction of sp³-hybridized carbons (Fsp3) is 0.263. The second kappa shape index (κ2) is 7.81. The van der Waals surface area contributed by atoms with E-state index in [4.69, 9.17) is 14.6 Å². The Morgan fingerprint density at radius 2 is 1.92 bits per heavy atom. The molecule has 0 spiro atoms. The number of fused-ring (bicyclic) bond motifs is 1. The molecule has 0 fully saturated rings. The fourth-order valence-electron chi connectivity index (χ4n) is 2.81. The molecule has 2 N–H and O–H groups in total. The predicted molar refractivity (Wildman–Crippen MR) is 91.7 cm³/mol. The van der Waals surface area contributed by atoms with Gasteiger partial charge in [0.25, 0.3) is 0 Å². The number of carbonyl (C=O) groups is 2. The minimum absolute atomic E-state index is 0.138. The van der Waals surface area contributed by atoms with Gasteiger partial charge < -0.3 is 19.9 Å². The molecule has 1 aliphatic heterocycles. The molecule has 0 aliphatic carbocycles. The molecule has 130 valence electrons. The van der Waals surface area contributed by atoms with Gasteiger partial charge in [0.2, 0.25) is 5.91 Å². The van der Waals surface area contributed by atoms with Gasteiger partial charge in [-0.3, -0.25) is 4.79 Å². The van der Waals surface area contributed by atoms with Crippen molar-refractivity contribution < 1.29 is 24.2 Å². The van der Waals surface area contributed by atoms with Crippen LogP contribution in [0.1, 0.15) is 23.7 Å². The van der Waals surface area contributed by atoms with Crippen LogP contribution < -0.4 is 10.1 Å². The Kier molecular flexibility index (Phi) is 5.30. The summed E-state index contributed by atoms with van der Waals surface area (Å²) in [6.07, 6.45) is 0.878. The Labute approximate surface area is 145 Å². The van der Waals surface area contributed by atoms with Crippen molar-refractivity contribution in [3.63, 3.8) is 0 Å². The molecule has 1 amide bonds. The highest BCUT2D eigenvalue weighted by atomic mass is 16.5. The van der Waals surface area contributed by atoms with Gasteiger partial charge in [-0.15, -0.1) is 0 Å². The van der Waals surface area contributed by atoms with E-state index >= 15 is 0 Å². The molecule has 1 aliphatic rings. The maximum atomic E-state index is 12.3. The third-order valence-corrected chi connectivity index (χ3v) is 3.96. The number of benzene rings is 2. The molecule has 2 aromatic carbocycles. The van der Waals surface area contributed by atoms with Crippen LogP contribution in [0.3, 0.4) is 0 Å². The van der Waals surface area contributed by atoms with E-state index in [0.717, 1.165) is 12.0 Å². The van der Waals surface area contributed by atoms with Crippen LogP contribution in [0.4, 0.5) is 5.69 Å². The molecule has 2 aromatic rings. The smallest absolute Gasteiger partial charge is 0.341 e. The molecule has 0 saturated carbocycles. The van der Waals surface area contributed by atoms with Gasteiger partial charge in [-0.2, -0.15) is 0 Å². The summed E-state index contributed by atoms with van der Waals surface area (Å²) >= 11 is 0. The summed E-state index contributed by atoms with van der Waals surface area (Å²) in [6.45, 7) is 0.217. The Balaban J connectivity index is 1.57. The van der Waals surface area contributed by atoms with Crippen LogP contribution in [0.5, 0.6) is 5.75 Å². The van der Waals surface area contributed by atoms with Crippen LogP contribution in [-0.2, 0) is 20.7 Å². The van der Waals surface area contributed by atoms with E-state index in [0.29, 0.717) is 18.0 Å². The van der Waals surface area contributed by atoms with Crippen LogP contribution in [-0.4, -0.2) is 30.2 Å². The van der Waals surface area contributed by atoms with Crippen molar-refractivity contribution in [1.82, 2.24) is 0 Å². The van der Waals surface area contributed by atoms with E-state index < -0.39 is 12.6 Å². The number of carboxylic acid groups (broad SMARTS) is 1. The number of carboxylic acids is 1. The van der Waals surface area contributed by atoms with Gasteiger partial charge in [0.05, 0.1) is 19.1 Å². The topological polar surface area (TPSA) is 84.9 Å². The largest absolute Gasteiger partial charge is 0.482 e. The Morgan fingerprint density at radius 3 is 2.68 bits per heavy atom. The highest BCUT2D eigenvalue weighted by Crippen LogP contribution is 2.29. The quantitative estimate of drug-likeness (QED) is 0.844. The lowest BCUT2D eigenvalue weighted by atomic mass is 9.95. The van der Waals surface area contributed by atoms with Crippen molar-refractivity contribution >= 4 is 17.6 Å². The van der Waals surface area contributed by atoms with Crippen molar-refractivity contribution in [2.24, 2.45) is 0 Å². The normalized spacial score (nSPS) is 15.9. The third-order valence-electron chi connectivity index (χ3n) is 3.96. The summed E-state index contributed by atoms with van der Waals surface area (Å²) in [5.41, 5.74) is 2.92.